The molecule has 1 aromatic rings. The molecule has 1 aliphatic heterocycles. The number of hydrogen-bond acceptors (Lipinski definition) is 2. The summed E-state index contributed by atoms with van der Waals surface area (Å²) in [5, 5.41) is 4.90. The van der Waals surface area contributed by atoms with Crippen molar-refractivity contribution in [3.63, 3.8) is 0 Å². The second kappa shape index (κ2) is 10.2. The van der Waals surface area contributed by atoms with Gasteiger partial charge in [-0.3, -0.25) is 4.79 Å². The highest BCUT2D eigenvalue weighted by molar-refractivity contribution is 5.18. The highest BCUT2D eigenvalue weighted by Gasteiger charge is 2.25. The minimum absolute atomic E-state index is 0. The van der Waals surface area contributed by atoms with Gasteiger partial charge in [-0.25, -0.2) is 0 Å². The molecule has 5 heteroatoms. The first-order valence-corrected chi connectivity index (χ1v) is 8.34. The van der Waals surface area contributed by atoms with Crippen LogP contribution in [0.2, 0.25) is 0 Å². The van der Waals surface area contributed by atoms with Crippen LogP contribution in [0.25, 0.3) is 0 Å². The molecule has 0 bridgehead atoms. The molecule has 4 nitrogen and oxygen atoms in total. The summed E-state index contributed by atoms with van der Waals surface area (Å²) in [5.74, 6) is 1.41. The van der Waals surface area contributed by atoms with E-state index in [0.717, 1.165) is 50.1 Å². The van der Waals surface area contributed by atoms with Gasteiger partial charge in [0.25, 0.3) is 5.56 Å². The van der Waals surface area contributed by atoms with Crippen LogP contribution in [-0.2, 0) is 6.42 Å². The Kier molecular flexibility index (Phi) is 9.00. The molecule has 122 valence electrons. The minimum atomic E-state index is 0. The summed E-state index contributed by atoms with van der Waals surface area (Å²) in [6.45, 7) is 4.53. The molecule has 3 N–H and O–H groups in total. The van der Waals surface area contributed by atoms with Crippen LogP contribution >= 0.6 is 0 Å². The fourth-order valence-electron chi connectivity index (χ4n) is 3.17. The lowest BCUT2D eigenvalue weighted by molar-refractivity contribution is -0.663. The van der Waals surface area contributed by atoms with Gasteiger partial charge in [0.2, 0.25) is 0 Å². The van der Waals surface area contributed by atoms with Gasteiger partial charge in [-0.1, -0.05) is 39.0 Å². The lowest BCUT2D eigenvalue weighted by atomic mass is 9.91. The maximum absolute atomic E-state index is 11.9. The Morgan fingerprint density at radius 2 is 1.81 bits per heavy atom. The predicted molar refractivity (Wildman–Crippen MR) is 80.0 cm³/mol. The van der Waals surface area contributed by atoms with E-state index < -0.39 is 0 Å². The van der Waals surface area contributed by atoms with Gasteiger partial charge in [0.15, 0.2) is 0 Å². The Morgan fingerprint density at radius 3 is 2.52 bits per heavy atom. The third kappa shape index (κ3) is 5.62. The van der Waals surface area contributed by atoms with Crippen LogP contribution in [0, 0.1) is 0 Å². The van der Waals surface area contributed by atoms with Crippen molar-refractivity contribution in [2.45, 2.75) is 70.6 Å². The molecular weight excluding hydrogens is 332 g/mol. The largest absolute Gasteiger partial charge is 1.00 e. The van der Waals surface area contributed by atoms with Crippen molar-refractivity contribution in [2.75, 3.05) is 13.1 Å². The van der Waals surface area contributed by atoms with E-state index >= 15 is 0 Å². The lowest BCUT2D eigenvalue weighted by Gasteiger charge is -2.18. The van der Waals surface area contributed by atoms with Gasteiger partial charge in [-0.15, -0.1) is 0 Å². The van der Waals surface area contributed by atoms with Crippen LogP contribution < -0.4 is 27.9 Å². The van der Waals surface area contributed by atoms with Crippen molar-refractivity contribution >= 4 is 0 Å². The molecule has 0 radical (unpaired) electrons. The first-order chi connectivity index (χ1) is 9.83. The van der Waals surface area contributed by atoms with Gasteiger partial charge in [0.1, 0.15) is 5.76 Å². The van der Waals surface area contributed by atoms with Crippen LogP contribution in [0.3, 0.4) is 0 Å². The van der Waals surface area contributed by atoms with Crippen molar-refractivity contribution in [1.82, 2.24) is 5.16 Å². The smallest absolute Gasteiger partial charge is 0.283 e. The van der Waals surface area contributed by atoms with Crippen molar-refractivity contribution in [3.8, 4) is 0 Å². The number of aromatic nitrogens is 1. The number of piperidine rings is 1. The topological polar surface area (TPSA) is 62.6 Å². The molecule has 1 fully saturated rings. The zero-order valence-electron chi connectivity index (χ0n) is 13.1. The average molecular weight is 361 g/mol. The zero-order valence-corrected chi connectivity index (χ0v) is 14.7. The highest BCUT2D eigenvalue weighted by atomic mass is 79.9. The van der Waals surface area contributed by atoms with E-state index in [1.807, 2.05) is 0 Å². The van der Waals surface area contributed by atoms with E-state index in [1.165, 1.54) is 32.1 Å². The van der Waals surface area contributed by atoms with Crippen LogP contribution in [0.1, 0.15) is 75.5 Å². The van der Waals surface area contributed by atoms with Crippen molar-refractivity contribution in [1.29, 1.82) is 0 Å². The summed E-state index contributed by atoms with van der Waals surface area (Å²) in [6, 6.07) is 0. The maximum Gasteiger partial charge on any atom is 0.283 e. The van der Waals surface area contributed by atoms with Crippen molar-refractivity contribution < 1.29 is 26.8 Å². The summed E-state index contributed by atoms with van der Waals surface area (Å²) in [7, 11) is 0. The van der Waals surface area contributed by atoms with Crippen molar-refractivity contribution in [3.05, 3.63) is 21.7 Å². The van der Waals surface area contributed by atoms with E-state index in [0.29, 0.717) is 5.92 Å². The molecule has 21 heavy (non-hydrogen) atoms. The molecule has 0 spiro atoms. The predicted octanol–water partition coefficient (Wildman–Crippen LogP) is -0.684. The molecule has 0 aromatic carbocycles. The second-order valence-corrected chi connectivity index (χ2v) is 6.03. The fraction of sp³-hybridized carbons (Fsp3) is 0.812. The Bertz CT molecular complexity index is 436. The fourth-order valence-corrected chi connectivity index (χ4v) is 3.17. The van der Waals surface area contributed by atoms with Crippen LogP contribution in [0.5, 0.6) is 0 Å². The van der Waals surface area contributed by atoms with E-state index in [1.54, 1.807) is 0 Å². The third-order valence-electron chi connectivity index (χ3n) is 4.41. The summed E-state index contributed by atoms with van der Waals surface area (Å²) in [5.41, 5.74) is 0.926. The average Bonchev–Trinajstić information content (AvgIpc) is 2.85. The van der Waals surface area contributed by atoms with Gasteiger partial charge in [-0.2, -0.15) is 5.16 Å². The summed E-state index contributed by atoms with van der Waals surface area (Å²) < 4.78 is 5.48. The molecule has 2 heterocycles. The monoisotopic (exact) mass is 360 g/mol. The summed E-state index contributed by atoms with van der Waals surface area (Å²) in [6.07, 6.45) is 10.7. The van der Waals surface area contributed by atoms with Gasteiger partial charge < -0.3 is 26.8 Å². The van der Waals surface area contributed by atoms with Crippen molar-refractivity contribution in [2.24, 2.45) is 0 Å². The standard InChI is InChI=1S/C16H28N2O2.BrH/c1-2-3-4-5-6-7-8-14-15(20-18-16(14)19)13-9-11-17-12-10-13;/h13,17H,2-12H2,1H3,(H,18,19);1H. The molecule has 1 saturated heterocycles. The first-order valence-electron chi connectivity index (χ1n) is 8.34. The first kappa shape index (κ1) is 18.5. The van der Waals surface area contributed by atoms with Gasteiger partial charge in [0, 0.05) is 18.8 Å². The Hall–Kier alpha value is -0.550. The molecule has 0 aliphatic carbocycles. The number of halogens is 1. The SMILES string of the molecule is CCCCCCCCc1c(C2CC[NH2+]CC2)o[nH]c1=O.[Br-]. The molecule has 0 saturated carbocycles. The number of nitrogens with two attached hydrogens (primary N) is 1. The van der Waals surface area contributed by atoms with E-state index in [9.17, 15) is 4.79 Å². The zero-order chi connectivity index (χ0) is 14.2. The molecular formula is C16H29BrN2O2. The number of nitrogens with one attached hydrogen (secondary N) is 1. The molecule has 2 rings (SSSR count). The third-order valence-corrected chi connectivity index (χ3v) is 4.41. The number of quaternary nitrogens is 1. The molecule has 0 unspecified atom stereocenters. The number of rotatable bonds is 8. The van der Waals surface area contributed by atoms with E-state index in [4.69, 9.17) is 4.52 Å². The Morgan fingerprint density at radius 1 is 1.14 bits per heavy atom. The van der Waals surface area contributed by atoms with E-state index in [-0.39, 0.29) is 22.5 Å². The van der Waals surface area contributed by atoms with Crippen LogP contribution in [0.4, 0.5) is 0 Å². The highest BCUT2D eigenvalue weighted by Crippen LogP contribution is 2.26. The van der Waals surface area contributed by atoms with Gasteiger partial charge >= 0.3 is 0 Å². The lowest BCUT2D eigenvalue weighted by Crippen LogP contribution is -3.00. The Balaban J connectivity index is 0.00000220. The van der Waals surface area contributed by atoms with Crippen LogP contribution in [-0.4, -0.2) is 18.2 Å². The van der Waals surface area contributed by atoms with Gasteiger partial charge in [-0.05, 0) is 12.8 Å². The molecule has 0 atom stereocenters. The van der Waals surface area contributed by atoms with Crippen LogP contribution in [0.15, 0.2) is 9.32 Å². The van der Waals surface area contributed by atoms with Gasteiger partial charge in [0.05, 0.1) is 18.7 Å². The normalized spacial score (nSPS) is 15.9. The molecule has 1 aliphatic rings. The summed E-state index contributed by atoms with van der Waals surface area (Å²) >= 11 is 0. The van der Waals surface area contributed by atoms with E-state index in [2.05, 4.69) is 17.4 Å². The maximum atomic E-state index is 11.9. The summed E-state index contributed by atoms with van der Waals surface area (Å²) in [4.78, 5) is 11.9. The Labute approximate surface area is 137 Å². The molecule has 1 aromatic heterocycles. The number of hydrogen-bond donors (Lipinski definition) is 2. The quantitative estimate of drug-likeness (QED) is 0.603. The number of unbranched alkanes of at least 4 members (excludes halogenated alkanes) is 5. The minimum Gasteiger partial charge on any atom is -1.00 e. The number of aromatic amines is 1. The second-order valence-electron chi connectivity index (χ2n) is 6.03. The molecule has 0 amide bonds. The number of H-pyrrole nitrogens is 1.